The zero-order valence-electron chi connectivity index (χ0n) is 15.1. The van der Waals surface area contributed by atoms with Crippen LogP contribution in [0.5, 0.6) is 0 Å². The summed E-state index contributed by atoms with van der Waals surface area (Å²) in [5.41, 5.74) is 5.84. The maximum absolute atomic E-state index is 4.04. The lowest BCUT2D eigenvalue weighted by Gasteiger charge is -2.28. The van der Waals surface area contributed by atoms with Crippen molar-refractivity contribution in [1.82, 2.24) is 0 Å². The second-order valence-electron chi connectivity index (χ2n) is 4.93. The molecule has 0 unspecified atom stereocenters. The summed E-state index contributed by atoms with van der Waals surface area (Å²) in [6.45, 7) is 20.3. The summed E-state index contributed by atoms with van der Waals surface area (Å²) < 4.78 is 0. The maximum atomic E-state index is 4.04. The van der Waals surface area contributed by atoms with Gasteiger partial charge in [0.15, 0.2) is 0 Å². The first-order valence-corrected chi connectivity index (χ1v) is 8.58. The van der Waals surface area contributed by atoms with E-state index in [-0.39, 0.29) is 12.8 Å². The summed E-state index contributed by atoms with van der Waals surface area (Å²) in [6, 6.07) is 0. The quantitative estimate of drug-likeness (QED) is 0.488. The minimum absolute atomic E-state index is 0. The van der Waals surface area contributed by atoms with Crippen molar-refractivity contribution in [1.29, 1.82) is 0 Å². The van der Waals surface area contributed by atoms with E-state index >= 15 is 0 Å². The fraction of sp³-hybridized carbons (Fsp3) is 0.545. The largest absolute Gasteiger partial charge is 0.0987 e. The lowest BCUT2D eigenvalue weighted by molar-refractivity contribution is 0.476. The number of rotatable bonds is 2. The summed E-state index contributed by atoms with van der Waals surface area (Å²) in [5, 5.41) is 0. The van der Waals surface area contributed by atoms with Gasteiger partial charge in [0.2, 0.25) is 0 Å². The summed E-state index contributed by atoms with van der Waals surface area (Å²) in [6.07, 6.45) is 13.8. The van der Waals surface area contributed by atoms with E-state index in [0.717, 1.165) is 0 Å². The molecule has 0 aliphatic heterocycles. The van der Waals surface area contributed by atoms with Crippen molar-refractivity contribution in [3.05, 3.63) is 59.8 Å². The normalized spacial score (nSPS) is 21.7. The molecule has 1 spiro atoms. The Bertz CT molecular complexity index is 435. The van der Waals surface area contributed by atoms with Crippen LogP contribution < -0.4 is 0 Å². The highest BCUT2D eigenvalue weighted by Gasteiger charge is 2.46. The second kappa shape index (κ2) is 11.3. The second-order valence-corrected chi connectivity index (χ2v) is 4.93. The third-order valence-electron chi connectivity index (χ3n) is 4.34. The van der Waals surface area contributed by atoms with Gasteiger partial charge in [0.1, 0.15) is 0 Å². The van der Waals surface area contributed by atoms with E-state index in [1.165, 1.54) is 48.0 Å². The Hall–Kier alpha value is -1.30. The SMILES string of the molecule is C.C=CC1=C(C=C)C2(CCCC2)C(=C/C)/C1=C\C.CC.CC. The van der Waals surface area contributed by atoms with Crippen LogP contribution in [0, 0.1) is 5.41 Å². The van der Waals surface area contributed by atoms with E-state index in [1.807, 2.05) is 33.8 Å². The van der Waals surface area contributed by atoms with Gasteiger partial charge in [-0.25, -0.2) is 0 Å². The summed E-state index contributed by atoms with van der Waals surface area (Å²) >= 11 is 0. The predicted octanol–water partition coefficient (Wildman–Crippen LogP) is 7.81. The highest BCUT2D eigenvalue weighted by atomic mass is 14.5. The minimum atomic E-state index is 0. The van der Waals surface area contributed by atoms with Gasteiger partial charge in [-0.05, 0) is 49.0 Å². The van der Waals surface area contributed by atoms with E-state index in [2.05, 4.69) is 45.2 Å². The van der Waals surface area contributed by atoms with Crippen molar-refractivity contribution in [3.8, 4) is 0 Å². The molecule has 0 amide bonds. The molecule has 126 valence electrons. The molecule has 0 bridgehead atoms. The van der Waals surface area contributed by atoms with Gasteiger partial charge in [0.25, 0.3) is 0 Å². The molecule has 2 aliphatic carbocycles. The Balaban J connectivity index is 0. The van der Waals surface area contributed by atoms with Crippen LogP contribution in [0.25, 0.3) is 0 Å². The average Bonchev–Trinajstić information content (AvgIpc) is 3.14. The summed E-state index contributed by atoms with van der Waals surface area (Å²) in [7, 11) is 0. The van der Waals surface area contributed by atoms with Gasteiger partial charge in [-0.3, -0.25) is 0 Å². The first kappa shape index (κ1) is 23.0. The summed E-state index contributed by atoms with van der Waals surface area (Å²) in [4.78, 5) is 0. The smallest absolute Gasteiger partial charge is 0.0211 e. The molecular formula is C22H38. The van der Waals surface area contributed by atoms with Crippen LogP contribution in [0.3, 0.4) is 0 Å². The molecule has 0 N–H and O–H groups in total. The van der Waals surface area contributed by atoms with E-state index in [1.54, 1.807) is 0 Å². The molecule has 0 nitrogen and oxygen atoms in total. The van der Waals surface area contributed by atoms with Gasteiger partial charge in [-0.2, -0.15) is 0 Å². The molecular weight excluding hydrogens is 264 g/mol. The highest BCUT2D eigenvalue weighted by molar-refractivity contribution is 5.68. The predicted molar refractivity (Wildman–Crippen MR) is 105 cm³/mol. The third-order valence-corrected chi connectivity index (χ3v) is 4.34. The van der Waals surface area contributed by atoms with E-state index < -0.39 is 0 Å². The molecule has 0 radical (unpaired) electrons. The molecule has 0 aromatic carbocycles. The molecule has 0 saturated heterocycles. The van der Waals surface area contributed by atoms with Gasteiger partial charge in [-0.15, -0.1) is 0 Å². The van der Waals surface area contributed by atoms with Gasteiger partial charge in [-0.1, -0.05) is 85.4 Å². The fourth-order valence-electron chi connectivity index (χ4n) is 3.74. The first-order chi connectivity index (χ1) is 10.2. The molecule has 0 aromatic rings. The zero-order valence-corrected chi connectivity index (χ0v) is 15.1. The van der Waals surface area contributed by atoms with Crippen molar-refractivity contribution in [3.63, 3.8) is 0 Å². The van der Waals surface area contributed by atoms with Crippen LogP contribution in [-0.2, 0) is 0 Å². The Labute approximate surface area is 140 Å². The molecule has 0 atom stereocenters. The molecule has 0 heteroatoms. The van der Waals surface area contributed by atoms with Crippen molar-refractivity contribution < 1.29 is 0 Å². The van der Waals surface area contributed by atoms with Crippen LogP contribution >= 0.6 is 0 Å². The van der Waals surface area contributed by atoms with E-state index in [4.69, 9.17) is 0 Å². The van der Waals surface area contributed by atoms with Crippen molar-refractivity contribution in [2.24, 2.45) is 5.41 Å². The first-order valence-electron chi connectivity index (χ1n) is 8.58. The Morgan fingerprint density at radius 2 is 1.36 bits per heavy atom. The van der Waals surface area contributed by atoms with Crippen LogP contribution in [0.2, 0.25) is 0 Å². The van der Waals surface area contributed by atoms with Gasteiger partial charge >= 0.3 is 0 Å². The fourth-order valence-corrected chi connectivity index (χ4v) is 3.74. The van der Waals surface area contributed by atoms with E-state index in [9.17, 15) is 0 Å². The topological polar surface area (TPSA) is 0 Å². The van der Waals surface area contributed by atoms with Crippen LogP contribution in [0.4, 0.5) is 0 Å². The van der Waals surface area contributed by atoms with Crippen molar-refractivity contribution in [2.45, 2.75) is 74.7 Å². The average molecular weight is 303 g/mol. The lowest BCUT2D eigenvalue weighted by Crippen LogP contribution is -2.17. The maximum Gasteiger partial charge on any atom is 0.0211 e. The van der Waals surface area contributed by atoms with Gasteiger partial charge < -0.3 is 0 Å². The third kappa shape index (κ3) is 3.72. The van der Waals surface area contributed by atoms with Crippen LogP contribution in [-0.4, -0.2) is 0 Å². The Morgan fingerprint density at radius 1 is 0.864 bits per heavy atom. The monoisotopic (exact) mass is 302 g/mol. The summed E-state index contributed by atoms with van der Waals surface area (Å²) in [5.74, 6) is 0. The molecule has 2 aliphatic rings. The Kier molecular flexibility index (Phi) is 11.8. The van der Waals surface area contributed by atoms with Crippen molar-refractivity contribution in [2.75, 3.05) is 0 Å². The lowest BCUT2D eigenvalue weighted by atomic mass is 9.75. The van der Waals surface area contributed by atoms with Gasteiger partial charge in [0.05, 0.1) is 0 Å². The van der Waals surface area contributed by atoms with Crippen molar-refractivity contribution >= 4 is 0 Å². The number of hydrogen-bond acceptors (Lipinski definition) is 0. The number of allylic oxidation sites excluding steroid dienone is 8. The highest BCUT2D eigenvalue weighted by Crippen LogP contribution is 2.59. The number of hydrogen-bond donors (Lipinski definition) is 0. The molecule has 0 heterocycles. The van der Waals surface area contributed by atoms with E-state index in [0.29, 0.717) is 0 Å². The molecule has 0 aromatic heterocycles. The molecule has 2 rings (SSSR count). The molecule has 1 fully saturated rings. The standard InChI is InChI=1S/C17H22.2C2H6.CH4/c1-5-13-14(6-2)16(8-4)17(15(13)7-3)11-9-10-12-17;2*1-2;/h5-8H,1,3,9-12H2,2,4H3;2*1-2H3;1H4/b14-6-,16-8+;;;. The minimum Gasteiger partial charge on any atom is -0.0987 e. The van der Waals surface area contributed by atoms with Crippen LogP contribution in [0.15, 0.2) is 59.8 Å². The zero-order chi connectivity index (χ0) is 16.5. The van der Waals surface area contributed by atoms with Crippen LogP contribution in [0.1, 0.15) is 74.7 Å². The molecule has 1 saturated carbocycles. The molecule has 22 heavy (non-hydrogen) atoms. The van der Waals surface area contributed by atoms with Gasteiger partial charge in [0, 0.05) is 5.41 Å². The Morgan fingerprint density at radius 3 is 1.68 bits per heavy atom.